The second kappa shape index (κ2) is 8.74. The van der Waals surface area contributed by atoms with Crippen molar-refractivity contribution in [1.82, 2.24) is 14.5 Å². The third kappa shape index (κ3) is 4.03. The first kappa shape index (κ1) is 22.0. The Bertz CT molecular complexity index is 1380. The number of nitrogens with zero attached hydrogens (tertiary/aromatic N) is 2. The van der Waals surface area contributed by atoms with E-state index in [9.17, 15) is 14.4 Å². The number of esters is 2. The molecule has 0 saturated heterocycles. The number of para-hydroxylation sites is 1. The quantitative estimate of drug-likeness (QED) is 0.354. The van der Waals surface area contributed by atoms with Gasteiger partial charge in [0.25, 0.3) is 0 Å². The monoisotopic (exact) mass is 445 g/mol. The van der Waals surface area contributed by atoms with E-state index in [0.29, 0.717) is 27.9 Å². The lowest BCUT2D eigenvalue weighted by molar-refractivity contribution is 0.0473. The number of imidazole rings is 1. The summed E-state index contributed by atoms with van der Waals surface area (Å²) in [6, 6.07) is 14.9. The second-order valence-electron chi connectivity index (χ2n) is 7.65. The summed E-state index contributed by atoms with van der Waals surface area (Å²) in [7, 11) is 1.28. The van der Waals surface area contributed by atoms with E-state index >= 15 is 0 Å². The van der Waals surface area contributed by atoms with Crippen LogP contribution in [0.25, 0.3) is 16.7 Å². The third-order valence-electron chi connectivity index (χ3n) is 5.51. The molecule has 0 unspecified atom stereocenters. The summed E-state index contributed by atoms with van der Waals surface area (Å²) in [6.07, 6.45) is 0. The predicted octanol–water partition coefficient (Wildman–Crippen LogP) is 4.11. The summed E-state index contributed by atoms with van der Waals surface area (Å²) in [6.45, 7) is 4.75. The van der Waals surface area contributed by atoms with Crippen molar-refractivity contribution in [2.75, 3.05) is 13.7 Å². The van der Waals surface area contributed by atoms with E-state index in [1.807, 2.05) is 47.9 Å². The maximum absolute atomic E-state index is 12.6. The molecule has 33 heavy (non-hydrogen) atoms. The zero-order valence-corrected chi connectivity index (χ0v) is 18.8. The highest BCUT2D eigenvalue weighted by Gasteiger charge is 2.23. The SMILES string of the molecule is COC(=O)c1c(C)[nH]c(C(=O)COC(=O)c2ccc3c(c2)nc(C)n3-c2ccccc2)c1C. The minimum atomic E-state index is -0.633. The van der Waals surface area contributed by atoms with Crippen LogP contribution in [-0.4, -0.2) is 46.0 Å². The Balaban J connectivity index is 1.52. The average Bonchev–Trinajstić information content (AvgIpc) is 3.31. The van der Waals surface area contributed by atoms with Crippen molar-refractivity contribution < 1.29 is 23.9 Å². The molecule has 2 aromatic carbocycles. The molecule has 8 heteroatoms. The van der Waals surface area contributed by atoms with Crippen molar-refractivity contribution in [2.45, 2.75) is 20.8 Å². The molecule has 0 amide bonds. The molecule has 2 heterocycles. The van der Waals surface area contributed by atoms with Gasteiger partial charge in [0, 0.05) is 11.4 Å². The lowest BCUT2D eigenvalue weighted by Gasteiger charge is -2.07. The van der Waals surface area contributed by atoms with Crippen LogP contribution in [0.2, 0.25) is 0 Å². The van der Waals surface area contributed by atoms with Gasteiger partial charge in [-0.1, -0.05) is 18.2 Å². The van der Waals surface area contributed by atoms with E-state index in [0.717, 1.165) is 17.0 Å². The van der Waals surface area contributed by atoms with Crippen molar-refractivity contribution in [2.24, 2.45) is 0 Å². The molecule has 0 bridgehead atoms. The van der Waals surface area contributed by atoms with Crippen molar-refractivity contribution in [3.05, 3.63) is 82.4 Å². The minimum absolute atomic E-state index is 0.216. The number of benzene rings is 2. The molecule has 0 atom stereocenters. The van der Waals surface area contributed by atoms with Gasteiger partial charge in [-0.15, -0.1) is 0 Å². The van der Waals surface area contributed by atoms with Gasteiger partial charge in [-0.25, -0.2) is 14.6 Å². The van der Waals surface area contributed by atoms with Gasteiger partial charge in [-0.2, -0.15) is 0 Å². The van der Waals surface area contributed by atoms with Gasteiger partial charge in [0.2, 0.25) is 5.78 Å². The average molecular weight is 445 g/mol. The number of aromatic nitrogens is 3. The number of hydrogen-bond donors (Lipinski definition) is 1. The van der Waals surface area contributed by atoms with Gasteiger partial charge in [0.1, 0.15) is 5.82 Å². The number of ketones is 1. The molecule has 0 radical (unpaired) electrons. The molecule has 8 nitrogen and oxygen atoms in total. The van der Waals surface area contributed by atoms with Crippen LogP contribution in [0.3, 0.4) is 0 Å². The molecular weight excluding hydrogens is 422 g/mol. The number of methoxy groups -OCH3 is 1. The number of ether oxygens (including phenoxy) is 2. The molecule has 4 aromatic rings. The number of carbonyl (C=O) groups excluding carboxylic acids is 3. The first-order valence-electron chi connectivity index (χ1n) is 10.3. The van der Waals surface area contributed by atoms with Gasteiger partial charge >= 0.3 is 11.9 Å². The third-order valence-corrected chi connectivity index (χ3v) is 5.51. The van der Waals surface area contributed by atoms with E-state index in [1.54, 1.807) is 26.0 Å². The van der Waals surface area contributed by atoms with Gasteiger partial charge < -0.3 is 14.5 Å². The molecule has 0 aliphatic rings. The number of aromatic amines is 1. The number of hydrogen-bond acceptors (Lipinski definition) is 6. The molecule has 0 aliphatic heterocycles. The lowest BCUT2D eigenvalue weighted by Crippen LogP contribution is -2.15. The molecule has 1 N–H and O–H groups in total. The highest BCUT2D eigenvalue weighted by Crippen LogP contribution is 2.23. The lowest BCUT2D eigenvalue weighted by atomic mass is 10.1. The second-order valence-corrected chi connectivity index (χ2v) is 7.65. The zero-order valence-electron chi connectivity index (χ0n) is 18.8. The molecule has 168 valence electrons. The van der Waals surface area contributed by atoms with Crippen LogP contribution in [0.15, 0.2) is 48.5 Å². The summed E-state index contributed by atoms with van der Waals surface area (Å²) in [4.78, 5) is 44.6. The zero-order chi connectivity index (χ0) is 23.7. The number of H-pyrrole nitrogens is 1. The van der Waals surface area contributed by atoms with Gasteiger partial charge in [-0.3, -0.25) is 9.36 Å². The number of rotatable bonds is 6. The smallest absolute Gasteiger partial charge is 0.339 e. The summed E-state index contributed by atoms with van der Waals surface area (Å²) in [5.74, 6) is -0.817. The van der Waals surface area contributed by atoms with Crippen LogP contribution in [0, 0.1) is 20.8 Å². The van der Waals surface area contributed by atoms with Crippen molar-refractivity contribution >= 4 is 28.8 Å². The number of fused-ring (bicyclic) bond motifs is 1. The maximum atomic E-state index is 12.6. The largest absolute Gasteiger partial charge is 0.465 e. The fourth-order valence-electron chi connectivity index (χ4n) is 3.95. The fraction of sp³-hybridized carbons (Fsp3) is 0.200. The Morgan fingerprint density at radius 2 is 1.73 bits per heavy atom. The number of carbonyl (C=O) groups is 3. The standard InChI is InChI=1S/C25H23N3O5/c1-14-22(25(31)32-4)15(2)26-23(14)21(29)13-33-24(30)17-10-11-20-19(12-17)27-16(3)28(20)18-8-6-5-7-9-18/h5-12,26H,13H2,1-4H3. The Kier molecular flexibility index (Phi) is 5.83. The van der Waals surface area contributed by atoms with Crippen molar-refractivity contribution in [1.29, 1.82) is 0 Å². The van der Waals surface area contributed by atoms with E-state index in [-0.39, 0.29) is 5.69 Å². The number of Topliss-reactive ketones (excluding diaryl/α,β-unsaturated/α-hetero) is 1. The molecule has 0 spiro atoms. The van der Waals surface area contributed by atoms with Crippen molar-refractivity contribution in [3.63, 3.8) is 0 Å². The Labute approximate surface area is 190 Å². The highest BCUT2D eigenvalue weighted by atomic mass is 16.5. The molecule has 2 aromatic heterocycles. The van der Waals surface area contributed by atoms with Gasteiger partial charge in [0.15, 0.2) is 6.61 Å². The summed E-state index contributed by atoms with van der Waals surface area (Å²) >= 11 is 0. The molecule has 4 rings (SSSR count). The van der Waals surface area contributed by atoms with Crippen LogP contribution in [0.5, 0.6) is 0 Å². The van der Waals surface area contributed by atoms with Gasteiger partial charge in [-0.05, 0) is 56.7 Å². The van der Waals surface area contributed by atoms with Crippen LogP contribution >= 0.6 is 0 Å². The predicted molar refractivity (Wildman–Crippen MR) is 122 cm³/mol. The Morgan fingerprint density at radius 1 is 1.00 bits per heavy atom. The normalized spacial score (nSPS) is 10.9. The van der Waals surface area contributed by atoms with Crippen LogP contribution in [0.1, 0.15) is 48.3 Å². The summed E-state index contributed by atoms with van der Waals surface area (Å²) in [5, 5.41) is 0. The first-order valence-corrected chi connectivity index (χ1v) is 10.3. The minimum Gasteiger partial charge on any atom is -0.465 e. The topological polar surface area (TPSA) is 103 Å². The van der Waals surface area contributed by atoms with E-state index in [1.165, 1.54) is 7.11 Å². The first-order chi connectivity index (χ1) is 15.8. The molecule has 0 aliphatic carbocycles. The number of nitrogens with one attached hydrogen (secondary N) is 1. The van der Waals surface area contributed by atoms with Crippen molar-refractivity contribution in [3.8, 4) is 5.69 Å². The van der Waals surface area contributed by atoms with E-state index in [4.69, 9.17) is 9.47 Å². The Hall–Kier alpha value is -4.20. The van der Waals surface area contributed by atoms with E-state index < -0.39 is 24.3 Å². The summed E-state index contributed by atoms with van der Waals surface area (Å²) < 4.78 is 12.0. The summed E-state index contributed by atoms with van der Waals surface area (Å²) in [5.41, 5.74) is 4.28. The van der Waals surface area contributed by atoms with E-state index in [2.05, 4.69) is 9.97 Å². The van der Waals surface area contributed by atoms with Crippen LogP contribution < -0.4 is 0 Å². The molecule has 0 saturated carbocycles. The molecular formula is C25H23N3O5. The van der Waals surface area contributed by atoms with Crippen LogP contribution in [0.4, 0.5) is 0 Å². The maximum Gasteiger partial charge on any atom is 0.339 e. The fourth-order valence-corrected chi connectivity index (χ4v) is 3.95. The van der Waals surface area contributed by atoms with Crippen LogP contribution in [-0.2, 0) is 9.47 Å². The number of aryl methyl sites for hydroxylation is 2. The molecule has 0 fully saturated rings. The Morgan fingerprint density at radius 3 is 2.42 bits per heavy atom. The van der Waals surface area contributed by atoms with Gasteiger partial charge in [0.05, 0.1) is 35.0 Å². The highest BCUT2D eigenvalue weighted by molar-refractivity contribution is 6.03.